The molecule has 1 N–H and O–H groups in total. The summed E-state index contributed by atoms with van der Waals surface area (Å²) in [7, 11) is 0. The minimum absolute atomic E-state index is 0.00641. The van der Waals surface area contributed by atoms with Crippen LogP contribution >= 0.6 is 0 Å². The first kappa shape index (κ1) is 19.2. The molecular formula is C22H20N4O5. The molecule has 2 fully saturated rings. The highest BCUT2D eigenvalue weighted by molar-refractivity contribution is 6.30. The zero-order chi connectivity index (χ0) is 21.8. The molecule has 0 saturated carbocycles. The van der Waals surface area contributed by atoms with Crippen molar-refractivity contribution < 1.29 is 19.3 Å². The van der Waals surface area contributed by atoms with Crippen LogP contribution in [0, 0.1) is 15.5 Å². The van der Waals surface area contributed by atoms with Gasteiger partial charge in [-0.1, -0.05) is 18.2 Å². The fraction of sp³-hybridized carbons (Fsp3) is 0.318. The Labute approximate surface area is 177 Å². The highest BCUT2D eigenvalue weighted by Crippen LogP contribution is 2.48. The lowest BCUT2D eigenvalue weighted by atomic mass is 9.66. The summed E-state index contributed by atoms with van der Waals surface area (Å²) in [6, 6.07) is 11.9. The van der Waals surface area contributed by atoms with Crippen LogP contribution in [-0.4, -0.2) is 35.4 Å². The summed E-state index contributed by atoms with van der Waals surface area (Å²) in [5, 5.41) is 13.7. The van der Waals surface area contributed by atoms with Gasteiger partial charge in [0.1, 0.15) is 0 Å². The molecule has 0 aromatic heterocycles. The molecule has 5 rings (SSSR count). The van der Waals surface area contributed by atoms with Crippen molar-refractivity contribution in [3.8, 4) is 0 Å². The van der Waals surface area contributed by atoms with Crippen LogP contribution in [0.4, 0.5) is 21.9 Å². The summed E-state index contributed by atoms with van der Waals surface area (Å²) in [5.41, 5.74) is 0.128. The Morgan fingerprint density at radius 1 is 1.06 bits per heavy atom. The number of nitro groups is 1. The number of fused-ring (bicyclic) bond motifs is 4. The lowest BCUT2D eigenvalue weighted by Gasteiger charge is -2.53. The molecule has 31 heavy (non-hydrogen) atoms. The van der Waals surface area contributed by atoms with E-state index in [4.69, 9.17) is 0 Å². The lowest BCUT2D eigenvalue weighted by molar-refractivity contribution is -0.384. The van der Waals surface area contributed by atoms with Crippen LogP contribution in [0.5, 0.6) is 0 Å². The number of rotatable bonds is 2. The molecule has 0 bridgehead atoms. The third kappa shape index (κ3) is 2.73. The molecule has 2 aromatic carbocycles. The molecule has 3 aliphatic heterocycles. The molecule has 2 aromatic rings. The average molecular weight is 420 g/mol. The predicted octanol–water partition coefficient (Wildman–Crippen LogP) is 2.78. The van der Waals surface area contributed by atoms with E-state index in [1.807, 2.05) is 4.90 Å². The minimum atomic E-state index is -1.54. The van der Waals surface area contributed by atoms with Crippen LogP contribution in [0.15, 0.2) is 48.5 Å². The summed E-state index contributed by atoms with van der Waals surface area (Å²) < 4.78 is 0. The van der Waals surface area contributed by atoms with Gasteiger partial charge >= 0.3 is 6.03 Å². The molecule has 4 amide bonds. The third-order valence-electron chi connectivity index (χ3n) is 6.55. The van der Waals surface area contributed by atoms with E-state index in [2.05, 4.69) is 5.32 Å². The standard InChI is InChI=1S/C22H20N4O5/c27-19-22(20(28)25(21(29)23-19)15-6-2-1-3-7-15)13-14-12-16(26(30)31)9-10-17(14)24-11-5-4-8-18(22)24/h1-3,6-7,9-10,12,18H,4-5,8,11,13H2,(H,23,27,29)/t18-,22+/m0/s1. The average Bonchev–Trinajstić information content (AvgIpc) is 2.78. The number of non-ortho nitro benzene ring substituents is 1. The monoisotopic (exact) mass is 420 g/mol. The van der Waals surface area contributed by atoms with Gasteiger partial charge in [0.15, 0.2) is 5.41 Å². The van der Waals surface area contributed by atoms with E-state index in [9.17, 15) is 24.5 Å². The van der Waals surface area contributed by atoms with E-state index in [-0.39, 0.29) is 12.1 Å². The smallest absolute Gasteiger partial charge is 0.335 e. The number of nitrogens with one attached hydrogen (secondary N) is 1. The summed E-state index contributed by atoms with van der Waals surface area (Å²) in [4.78, 5) is 53.8. The molecule has 158 valence electrons. The Hall–Kier alpha value is -3.75. The van der Waals surface area contributed by atoms with E-state index >= 15 is 0 Å². The first-order chi connectivity index (χ1) is 14.9. The van der Waals surface area contributed by atoms with Crippen LogP contribution in [-0.2, 0) is 16.0 Å². The molecular weight excluding hydrogens is 400 g/mol. The number of barbiturate groups is 1. The van der Waals surface area contributed by atoms with Crippen molar-refractivity contribution in [1.82, 2.24) is 5.32 Å². The van der Waals surface area contributed by atoms with E-state index in [1.54, 1.807) is 36.4 Å². The first-order valence-electron chi connectivity index (χ1n) is 10.2. The fourth-order valence-corrected chi connectivity index (χ4v) is 5.17. The maximum absolute atomic E-state index is 13.9. The third-order valence-corrected chi connectivity index (χ3v) is 6.55. The topological polar surface area (TPSA) is 113 Å². The molecule has 0 radical (unpaired) electrons. The van der Waals surface area contributed by atoms with Crippen molar-refractivity contribution >= 4 is 34.9 Å². The van der Waals surface area contributed by atoms with Crippen LogP contribution in [0.1, 0.15) is 24.8 Å². The minimum Gasteiger partial charge on any atom is -0.367 e. The number of imide groups is 2. The Morgan fingerprint density at radius 3 is 2.58 bits per heavy atom. The number of amides is 4. The Balaban J connectivity index is 1.68. The normalized spacial score (nSPS) is 25.2. The van der Waals surface area contributed by atoms with Gasteiger partial charge in [-0.05, 0) is 43.0 Å². The second-order valence-electron chi connectivity index (χ2n) is 8.16. The van der Waals surface area contributed by atoms with Crippen LogP contribution < -0.4 is 15.1 Å². The molecule has 2 atom stereocenters. The fourth-order valence-electron chi connectivity index (χ4n) is 5.17. The second kappa shape index (κ2) is 6.90. The number of para-hydroxylation sites is 1. The molecule has 2 saturated heterocycles. The molecule has 0 unspecified atom stereocenters. The van der Waals surface area contributed by atoms with Gasteiger partial charge < -0.3 is 4.90 Å². The van der Waals surface area contributed by atoms with Gasteiger partial charge in [-0.25, -0.2) is 9.69 Å². The quantitative estimate of drug-likeness (QED) is 0.454. The zero-order valence-electron chi connectivity index (χ0n) is 16.6. The van der Waals surface area contributed by atoms with Gasteiger partial charge in [-0.15, -0.1) is 0 Å². The summed E-state index contributed by atoms with van der Waals surface area (Å²) in [5.74, 6) is -1.22. The number of hydrogen-bond acceptors (Lipinski definition) is 6. The van der Waals surface area contributed by atoms with Crippen molar-refractivity contribution in [2.75, 3.05) is 16.3 Å². The van der Waals surface area contributed by atoms with Crippen molar-refractivity contribution in [2.45, 2.75) is 31.7 Å². The second-order valence-corrected chi connectivity index (χ2v) is 8.16. The van der Waals surface area contributed by atoms with Gasteiger partial charge in [0, 0.05) is 30.8 Å². The highest BCUT2D eigenvalue weighted by atomic mass is 16.6. The number of nitrogens with zero attached hydrogens (tertiary/aromatic N) is 3. The van der Waals surface area contributed by atoms with Gasteiger partial charge in [0.2, 0.25) is 5.91 Å². The van der Waals surface area contributed by atoms with Crippen LogP contribution in [0.3, 0.4) is 0 Å². The van der Waals surface area contributed by atoms with Crippen LogP contribution in [0.2, 0.25) is 0 Å². The van der Waals surface area contributed by atoms with Crippen molar-refractivity contribution in [3.05, 3.63) is 64.2 Å². The number of benzene rings is 2. The molecule has 3 aliphatic rings. The van der Waals surface area contributed by atoms with E-state index in [0.29, 0.717) is 24.2 Å². The van der Waals surface area contributed by atoms with Gasteiger partial charge in [-0.3, -0.25) is 25.0 Å². The Bertz CT molecular complexity index is 1120. The number of carbonyl (C=O) groups excluding carboxylic acids is 3. The predicted molar refractivity (Wildman–Crippen MR) is 112 cm³/mol. The molecule has 1 spiro atoms. The number of carbonyl (C=O) groups is 3. The number of nitro benzene ring substituents is 1. The molecule has 9 nitrogen and oxygen atoms in total. The Kier molecular flexibility index (Phi) is 4.28. The van der Waals surface area contributed by atoms with Crippen molar-refractivity contribution in [1.29, 1.82) is 0 Å². The number of piperidine rings is 1. The SMILES string of the molecule is O=C1NC(=O)[C@]2(Cc3cc([N+](=O)[O-])ccc3N3CCCC[C@H]32)C(=O)N1c1ccccc1. The molecule has 9 heteroatoms. The van der Waals surface area contributed by atoms with Crippen molar-refractivity contribution in [3.63, 3.8) is 0 Å². The van der Waals surface area contributed by atoms with Gasteiger partial charge in [0.05, 0.1) is 16.7 Å². The maximum atomic E-state index is 13.9. The van der Waals surface area contributed by atoms with E-state index < -0.39 is 34.2 Å². The highest BCUT2D eigenvalue weighted by Gasteiger charge is 2.62. The molecule has 3 heterocycles. The van der Waals surface area contributed by atoms with Crippen molar-refractivity contribution in [2.24, 2.45) is 5.41 Å². The zero-order valence-corrected chi connectivity index (χ0v) is 16.6. The molecule has 0 aliphatic carbocycles. The number of anilines is 2. The van der Waals surface area contributed by atoms with Crippen LogP contribution in [0.25, 0.3) is 0 Å². The lowest BCUT2D eigenvalue weighted by Crippen LogP contribution is -2.72. The largest absolute Gasteiger partial charge is 0.367 e. The van der Waals surface area contributed by atoms with E-state index in [0.717, 1.165) is 23.4 Å². The van der Waals surface area contributed by atoms with Gasteiger partial charge in [-0.2, -0.15) is 0 Å². The van der Waals surface area contributed by atoms with Gasteiger partial charge in [0.25, 0.3) is 11.6 Å². The maximum Gasteiger partial charge on any atom is 0.335 e. The summed E-state index contributed by atoms with van der Waals surface area (Å²) >= 11 is 0. The first-order valence-corrected chi connectivity index (χ1v) is 10.2. The Morgan fingerprint density at radius 2 is 1.84 bits per heavy atom. The number of hydrogen-bond donors (Lipinski definition) is 1. The number of urea groups is 1. The summed E-state index contributed by atoms with van der Waals surface area (Å²) in [6.45, 7) is 0.636. The summed E-state index contributed by atoms with van der Waals surface area (Å²) in [6.07, 6.45) is 2.37. The van der Waals surface area contributed by atoms with E-state index in [1.165, 1.54) is 12.1 Å².